The number of thiazole rings is 1. The monoisotopic (exact) mass is 311 g/mol. The summed E-state index contributed by atoms with van der Waals surface area (Å²) in [5, 5.41) is 0.449. The number of aromatic nitrogens is 1. The van der Waals surface area contributed by atoms with Gasteiger partial charge in [-0.1, -0.05) is 30.3 Å². The Morgan fingerprint density at radius 2 is 1.91 bits per heavy atom. The Hall–Kier alpha value is -2.53. The fourth-order valence-corrected chi connectivity index (χ4v) is 2.91. The number of rotatable bonds is 4. The Labute approximate surface area is 131 Å². The maximum atomic E-state index is 12.1. The summed E-state index contributed by atoms with van der Waals surface area (Å²) in [5.74, 6) is -0.460. The molecule has 3 rings (SSSR count). The highest BCUT2D eigenvalue weighted by Gasteiger charge is 2.12. The number of nitrogens with zero attached hydrogens (tertiary/aromatic N) is 1. The van der Waals surface area contributed by atoms with Crippen LogP contribution in [0.15, 0.2) is 48.5 Å². The number of ketones is 1. The van der Waals surface area contributed by atoms with Crippen LogP contribution in [-0.2, 0) is 11.3 Å². The lowest BCUT2D eigenvalue weighted by atomic mass is 10.2. The molecule has 0 spiro atoms. The SMILES string of the molecule is CC(=O)c1nc2ccc(C(=O)OCc3ccccc3)cc2s1. The number of Topliss-reactive ketones (excluding diaryl/α,β-unsaturated/α-hetero) is 1. The summed E-state index contributed by atoms with van der Waals surface area (Å²) >= 11 is 1.28. The van der Waals surface area contributed by atoms with E-state index in [1.54, 1.807) is 18.2 Å². The van der Waals surface area contributed by atoms with Crippen LogP contribution in [0.4, 0.5) is 0 Å². The topological polar surface area (TPSA) is 56.3 Å². The fraction of sp³-hybridized carbons (Fsp3) is 0.118. The number of hydrogen-bond donors (Lipinski definition) is 0. The van der Waals surface area contributed by atoms with Crippen LogP contribution in [0.3, 0.4) is 0 Å². The van der Waals surface area contributed by atoms with E-state index in [-0.39, 0.29) is 18.4 Å². The van der Waals surface area contributed by atoms with Crippen molar-refractivity contribution in [3.63, 3.8) is 0 Å². The minimum absolute atomic E-state index is 0.0746. The summed E-state index contributed by atoms with van der Waals surface area (Å²) in [7, 11) is 0. The second-order valence-electron chi connectivity index (χ2n) is 4.82. The summed E-state index contributed by atoms with van der Waals surface area (Å²) in [6, 6.07) is 14.6. The second kappa shape index (κ2) is 6.07. The van der Waals surface area contributed by atoms with Crippen molar-refractivity contribution in [1.29, 1.82) is 0 Å². The Morgan fingerprint density at radius 1 is 1.14 bits per heavy atom. The van der Waals surface area contributed by atoms with Gasteiger partial charge in [0.15, 0.2) is 10.8 Å². The van der Waals surface area contributed by atoms with Crippen LogP contribution >= 0.6 is 11.3 Å². The summed E-state index contributed by atoms with van der Waals surface area (Å²) in [4.78, 5) is 27.7. The molecular weight excluding hydrogens is 298 g/mol. The Bertz CT molecular complexity index is 839. The van der Waals surface area contributed by atoms with Gasteiger partial charge in [-0.05, 0) is 23.8 Å². The first-order valence-electron chi connectivity index (χ1n) is 6.76. The number of hydrogen-bond acceptors (Lipinski definition) is 5. The number of carbonyl (C=O) groups is 2. The molecule has 1 aromatic heterocycles. The van der Waals surface area contributed by atoms with Gasteiger partial charge < -0.3 is 4.74 Å². The van der Waals surface area contributed by atoms with Crippen LogP contribution in [0.1, 0.15) is 32.6 Å². The first-order chi connectivity index (χ1) is 10.6. The number of carbonyl (C=O) groups excluding carboxylic acids is 2. The first-order valence-corrected chi connectivity index (χ1v) is 7.58. The molecule has 0 N–H and O–H groups in total. The predicted octanol–water partition coefficient (Wildman–Crippen LogP) is 3.86. The maximum absolute atomic E-state index is 12.1. The van der Waals surface area contributed by atoms with Crippen LogP contribution in [0.5, 0.6) is 0 Å². The van der Waals surface area contributed by atoms with Gasteiger partial charge in [-0.15, -0.1) is 11.3 Å². The summed E-state index contributed by atoms with van der Waals surface area (Å²) in [6.45, 7) is 1.71. The minimum atomic E-state index is -0.386. The number of esters is 1. The van der Waals surface area contributed by atoms with Gasteiger partial charge in [0.05, 0.1) is 15.8 Å². The lowest BCUT2D eigenvalue weighted by Gasteiger charge is -2.04. The van der Waals surface area contributed by atoms with Crippen LogP contribution < -0.4 is 0 Å². The zero-order valence-electron chi connectivity index (χ0n) is 11.9. The third-order valence-corrected chi connectivity index (χ3v) is 4.26. The van der Waals surface area contributed by atoms with Crippen molar-refractivity contribution in [2.24, 2.45) is 0 Å². The molecule has 0 fully saturated rings. The Kier molecular flexibility index (Phi) is 3.98. The van der Waals surface area contributed by atoms with Gasteiger partial charge >= 0.3 is 5.97 Å². The molecule has 0 aliphatic heterocycles. The molecule has 0 unspecified atom stereocenters. The largest absolute Gasteiger partial charge is 0.457 e. The van der Waals surface area contributed by atoms with Gasteiger partial charge in [0.1, 0.15) is 6.61 Å². The van der Waals surface area contributed by atoms with Gasteiger partial charge in [-0.25, -0.2) is 9.78 Å². The van der Waals surface area contributed by atoms with Crippen LogP contribution in [0, 0.1) is 0 Å². The minimum Gasteiger partial charge on any atom is -0.457 e. The molecule has 0 aliphatic carbocycles. The van der Waals surface area contributed by atoms with Gasteiger partial charge in [0.2, 0.25) is 0 Å². The quantitative estimate of drug-likeness (QED) is 0.542. The molecule has 0 bridgehead atoms. The normalized spacial score (nSPS) is 10.6. The van der Waals surface area contributed by atoms with Crippen molar-refractivity contribution < 1.29 is 14.3 Å². The van der Waals surface area contributed by atoms with E-state index < -0.39 is 0 Å². The molecule has 0 saturated carbocycles. The highest BCUT2D eigenvalue weighted by Crippen LogP contribution is 2.24. The standard InChI is InChI=1S/C17H13NO3S/c1-11(19)16-18-14-8-7-13(9-15(14)22-16)17(20)21-10-12-5-3-2-4-6-12/h2-9H,10H2,1H3. The summed E-state index contributed by atoms with van der Waals surface area (Å²) in [6.07, 6.45) is 0. The van der Waals surface area contributed by atoms with Crippen molar-refractivity contribution >= 4 is 33.3 Å². The first kappa shape index (κ1) is 14.4. The van der Waals surface area contributed by atoms with E-state index in [0.29, 0.717) is 10.6 Å². The maximum Gasteiger partial charge on any atom is 0.338 e. The molecule has 5 heteroatoms. The molecule has 4 nitrogen and oxygen atoms in total. The number of ether oxygens (including phenoxy) is 1. The average Bonchev–Trinajstić information content (AvgIpc) is 2.97. The van der Waals surface area contributed by atoms with Crippen molar-refractivity contribution in [1.82, 2.24) is 4.98 Å². The van der Waals surface area contributed by atoms with Crippen molar-refractivity contribution in [3.8, 4) is 0 Å². The molecule has 110 valence electrons. The molecule has 2 aromatic carbocycles. The molecule has 0 amide bonds. The van der Waals surface area contributed by atoms with E-state index in [4.69, 9.17) is 4.74 Å². The molecule has 3 aromatic rings. The lowest BCUT2D eigenvalue weighted by Crippen LogP contribution is -2.04. The van der Waals surface area contributed by atoms with E-state index in [9.17, 15) is 9.59 Å². The van der Waals surface area contributed by atoms with Crippen LogP contribution in [0.2, 0.25) is 0 Å². The summed E-state index contributed by atoms with van der Waals surface area (Å²) < 4.78 is 6.10. The van der Waals surface area contributed by atoms with E-state index >= 15 is 0 Å². The zero-order chi connectivity index (χ0) is 15.5. The third-order valence-electron chi connectivity index (χ3n) is 3.14. The molecule has 1 heterocycles. The molecular formula is C17H13NO3S. The van der Waals surface area contributed by atoms with Crippen molar-refractivity contribution in [2.75, 3.05) is 0 Å². The average molecular weight is 311 g/mol. The van der Waals surface area contributed by atoms with Gasteiger partial charge in [0.25, 0.3) is 0 Å². The fourth-order valence-electron chi connectivity index (χ4n) is 2.01. The van der Waals surface area contributed by atoms with Crippen molar-refractivity contribution in [2.45, 2.75) is 13.5 Å². The summed E-state index contributed by atoms with van der Waals surface area (Å²) in [5.41, 5.74) is 2.12. The van der Waals surface area contributed by atoms with Crippen LogP contribution in [-0.4, -0.2) is 16.7 Å². The van der Waals surface area contributed by atoms with Gasteiger partial charge in [-0.3, -0.25) is 4.79 Å². The van der Waals surface area contributed by atoms with Gasteiger partial charge in [0, 0.05) is 6.92 Å². The van der Waals surface area contributed by atoms with E-state index in [1.165, 1.54) is 18.3 Å². The van der Waals surface area contributed by atoms with Gasteiger partial charge in [-0.2, -0.15) is 0 Å². The Balaban J connectivity index is 1.77. The Morgan fingerprint density at radius 3 is 2.64 bits per heavy atom. The van der Waals surface area contributed by atoms with E-state index in [0.717, 1.165) is 15.8 Å². The lowest BCUT2D eigenvalue weighted by molar-refractivity contribution is 0.0473. The number of fused-ring (bicyclic) bond motifs is 1. The highest BCUT2D eigenvalue weighted by atomic mass is 32.1. The van der Waals surface area contributed by atoms with Crippen LogP contribution in [0.25, 0.3) is 10.2 Å². The second-order valence-corrected chi connectivity index (χ2v) is 5.85. The molecule has 0 saturated heterocycles. The smallest absolute Gasteiger partial charge is 0.338 e. The molecule has 22 heavy (non-hydrogen) atoms. The van der Waals surface area contributed by atoms with Crippen molar-refractivity contribution in [3.05, 3.63) is 64.7 Å². The highest BCUT2D eigenvalue weighted by molar-refractivity contribution is 7.20. The third kappa shape index (κ3) is 3.04. The molecule has 0 aliphatic rings. The number of benzene rings is 2. The van der Waals surface area contributed by atoms with E-state index in [1.807, 2.05) is 30.3 Å². The molecule has 0 atom stereocenters. The van der Waals surface area contributed by atoms with E-state index in [2.05, 4.69) is 4.98 Å². The molecule has 0 radical (unpaired) electrons. The predicted molar refractivity (Wildman–Crippen MR) is 85.2 cm³/mol. The zero-order valence-corrected chi connectivity index (χ0v) is 12.7.